The SMILES string of the molecule is [CH]1CC2CCC=CN2N1. The Morgan fingerprint density at radius 3 is 3.44 bits per heavy atom. The van der Waals surface area contributed by atoms with E-state index in [-0.39, 0.29) is 0 Å². The molecular formula is C7H11N2. The average Bonchev–Trinajstić information content (AvgIpc) is 2.33. The van der Waals surface area contributed by atoms with Crippen LogP contribution in [0.5, 0.6) is 0 Å². The molecule has 1 radical (unpaired) electrons. The van der Waals surface area contributed by atoms with Gasteiger partial charge in [-0.15, -0.1) is 0 Å². The normalized spacial score (nSPS) is 32.9. The van der Waals surface area contributed by atoms with Gasteiger partial charge in [-0.2, -0.15) is 0 Å². The Hall–Kier alpha value is -0.500. The second kappa shape index (κ2) is 2.03. The van der Waals surface area contributed by atoms with Crippen molar-refractivity contribution in [2.24, 2.45) is 0 Å². The molecule has 0 spiro atoms. The van der Waals surface area contributed by atoms with Crippen molar-refractivity contribution >= 4 is 0 Å². The summed E-state index contributed by atoms with van der Waals surface area (Å²) in [6, 6.07) is 0.745. The molecule has 9 heavy (non-hydrogen) atoms. The predicted octanol–water partition coefficient (Wildman–Crippen LogP) is 1.03. The third-order valence-electron chi connectivity index (χ3n) is 1.96. The van der Waals surface area contributed by atoms with Gasteiger partial charge < -0.3 is 5.01 Å². The number of hydrogen-bond acceptors (Lipinski definition) is 2. The summed E-state index contributed by atoms with van der Waals surface area (Å²) in [6.45, 7) is 2.13. The van der Waals surface area contributed by atoms with E-state index in [1.165, 1.54) is 19.3 Å². The number of nitrogens with one attached hydrogen (secondary N) is 1. The fourth-order valence-corrected chi connectivity index (χ4v) is 1.41. The molecule has 1 fully saturated rings. The summed E-state index contributed by atoms with van der Waals surface area (Å²) in [5.41, 5.74) is 3.18. The van der Waals surface area contributed by atoms with Gasteiger partial charge in [0.1, 0.15) is 0 Å². The van der Waals surface area contributed by atoms with Crippen molar-refractivity contribution in [2.75, 3.05) is 0 Å². The zero-order valence-corrected chi connectivity index (χ0v) is 5.38. The van der Waals surface area contributed by atoms with Gasteiger partial charge in [0.05, 0.1) is 0 Å². The molecule has 1 atom stereocenters. The molecule has 0 amide bonds. The van der Waals surface area contributed by atoms with Crippen LogP contribution in [0.15, 0.2) is 12.3 Å². The number of hydrogen-bond donors (Lipinski definition) is 1. The van der Waals surface area contributed by atoms with Gasteiger partial charge in [-0.3, -0.25) is 0 Å². The van der Waals surface area contributed by atoms with Crippen LogP contribution < -0.4 is 5.43 Å². The molecule has 2 rings (SSSR count). The zero-order valence-electron chi connectivity index (χ0n) is 5.38. The second-order valence-corrected chi connectivity index (χ2v) is 2.59. The minimum Gasteiger partial charge on any atom is -0.313 e. The summed E-state index contributed by atoms with van der Waals surface area (Å²) in [7, 11) is 0. The number of hydrazine groups is 1. The van der Waals surface area contributed by atoms with E-state index in [2.05, 4.69) is 29.3 Å². The Labute approximate surface area is 55.5 Å². The molecule has 49 valence electrons. The first-order valence-electron chi connectivity index (χ1n) is 3.50. The van der Waals surface area contributed by atoms with Gasteiger partial charge in [0.15, 0.2) is 0 Å². The van der Waals surface area contributed by atoms with Crippen LogP contribution in [0.25, 0.3) is 0 Å². The standard InChI is InChI=1S/C7H11N2/c1-2-6-9-7(3-1)4-5-8-9/h2,5-8H,1,3-4H2. The maximum absolute atomic E-state index is 3.18. The summed E-state index contributed by atoms with van der Waals surface area (Å²) in [5.74, 6) is 0. The van der Waals surface area contributed by atoms with E-state index in [0.29, 0.717) is 0 Å². The molecule has 2 aliphatic rings. The fourth-order valence-electron chi connectivity index (χ4n) is 1.41. The molecule has 1 unspecified atom stereocenters. The Bertz CT molecular complexity index is 131. The van der Waals surface area contributed by atoms with Crippen molar-refractivity contribution in [3.05, 3.63) is 18.8 Å². The first-order valence-corrected chi connectivity index (χ1v) is 3.50. The van der Waals surface area contributed by atoms with Crippen LogP contribution in [-0.2, 0) is 0 Å². The quantitative estimate of drug-likeness (QED) is 0.517. The molecule has 0 aromatic heterocycles. The van der Waals surface area contributed by atoms with Crippen LogP contribution in [-0.4, -0.2) is 11.1 Å². The maximum atomic E-state index is 3.18. The number of allylic oxidation sites excluding steroid dienone is 1. The minimum atomic E-state index is 0.745. The minimum absolute atomic E-state index is 0.745. The Morgan fingerprint density at radius 1 is 1.56 bits per heavy atom. The summed E-state index contributed by atoms with van der Waals surface area (Å²) in [4.78, 5) is 0. The Balaban J connectivity index is 2.10. The first-order chi connectivity index (χ1) is 4.47. The Kier molecular flexibility index (Phi) is 1.19. The van der Waals surface area contributed by atoms with Gasteiger partial charge in [0.2, 0.25) is 0 Å². The highest BCUT2D eigenvalue weighted by molar-refractivity contribution is 4.97. The molecule has 2 nitrogen and oxygen atoms in total. The highest BCUT2D eigenvalue weighted by Gasteiger charge is 2.22. The highest BCUT2D eigenvalue weighted by atomic mass is 15.5. The summed E-state index contributed by atoms with van der Waals surface area (Å²) >= 11 is 0. The van der Waals surface area contributed by atoms with Gasteiger partial charge in [-0.05, 0) is 19.3 Å². The number of fused-ring (bicyclic) bond motifs is 1. The van der Waals surface area contributed by atoms with Gasteiger partial charge in [0, 0.05) is 18.8 Å². The van der Waals surface area contributed by atoms with E-state index >= 15 is 0 Å². The Morgan fingerprint density at radius 2 is 2.56 bits per heavy atom. The smallest absolute Gasteiger partial charge is 0.0467 e. The lowest BCUT2D eigenvalue weighted by Gasteiger charge is -2.24. The van der Waals surface area contributed by atoms with E-state index in [1.54, 1.807) is 0 Å². The van der Waals surface area contributed by atoms with Crippen molar-refractivity contribution in [3.8, 4) is 0 Å². The van der Waals surface area contributed by atoms with Crippen molar-refractivity contribution in [3.63, 3.8) is 0 Å². The molecular weight excluding hydrogens is 112 g/mol. The lowest BCUT2D eigenvalue weighted by molar-refractivity contribution is 0.254. The molecule has 1 N–H and O–H groups in total. The van der Waals surface area contributed by atoms with Gasteiger partial charge in [-0.1, -0.05) is 6.08 Å². The van der Waals surface area contributed by atoms with Crippen LogP contribution in [0.1, 0.15) is 19.3 Å². The average molecular weight is 123 g/mol. The predicted molar refractivity (Wildman–Crippen MR) is 36.1 cm³/mol. The molecule has 1 saturated heterocycles. The van der Waals surface area contributed by atoms with E-state index in [9.17, 15) is 0 Å². The summed E-state index contributed by atoms with van der Waals surface area (Å²) in [5, 5.41) is 2.18. The van der Waals surface area contributed by atoms with Crippen molar-refractivity contribution in [1.29, 1.82) is 0 Å². The van der Waals surface area contributed by atoms with E-state index in [1.807, 2.05) is 0 Å². The first kappa shape index (κ1) is 5.30. The molecule has 0 bridgehead atoms. The van der Waals surface area contributed by atoms with E-state index < -0.39 is 0 Å². The van der Waals surface area contributed by atoms with Gasteiger partial charge >= 0.3 is 0 Å². The topological polar surface area (TPSA) is 15.3 Å². The van der Waals surface area contributed by atoms with Crippen molar-refractivity contribution in [1.82, 2.24) is 10.4 Å². The van der Waals surface area contributed by atoms with Gasteiger partial charge in [0.25, 0.3) is 0 Å². The van der Waals surface area contributed by atoms with Gasteiger partial charge in [-0.25, -0.2) is 5.43 Å². The maximum Gasteiger partial charge on any atom is 0.0467 e. The van der Waals surface area contributed by atoms with E-state index in [0.717, 1.165) is 6.04 Å². The largest absolute Gasteiger partial charge is 0.313 e. The zero-order chi connectivity index (χ0) is 6.10. The molecule has 0 aromatic carbocycles. The van der Waals surface area contributed by atoms with Crippen molar-refractivity contribution in [2.45, 2.75) is 25.3 Å². The van der Waals surface area contributed by atoms with Crippen LogP contribution in [0.3, 0.4) is 0 Å². The molecule has 0 saturated carbocycles. The fraction of sp³-hybridized carbons (Fsp3) is 0.571. The molecule has 0 aliphatic carbocycles. The lowest BCUT2D eigenvalue weighted by atomic mass is 10.1. The summed E-state index contributed by atoms with van der Waals surface area (Å²) < 4.78 is 0. The highest BCUT2D eigenvalue weighted by Crippen LogP contribution is 2.20. The van der Waals surface area contributed by atoms with E-state index in [4.69, 9.17) is 0 Å². The van der Waals surface area contributed by atoms with Crippen LogP contribution in [0, 0.1) is 6.54 Å². The van der Waals surface area contributed by atoms with Crippen LogP contribution in [0.4, 0.5) is 0 Å². The third kappa shape index (κ3) is 0.833. The van der Waals surface area contributed by atoms with Crippen molar-refractivity contribution < 1.29 is 0 Å². The van der Waals surface area contributed by atoms with Crippen LogP contribution >= 0.6 is 0 Å². The molecule has 2 aliphatic heterocycles. The number of rotatable bonds is 0. The molecule has 2 heteroatoms. The monoisotopic (exact) mass is 123 g/mol. The van der Waals surface area contributed by atoms with Crippen LogP contribution in [0.2, 0.25) is 0 Å². The summed E-state index contributed by atoms with van der Waals surface area (Å²) in [6.07, 6.45) is 8.10. The second-order valence-electron chi connectivity index (χ2n) is 2.59. The number of nitrogens with zero attached hydrogens (tertiary/aromatic N) is 1. The molecule has 0 aromatic rings. The molecule has 2 heterocycles. The third-order valence-corrected chi connectivity index (χ3v) is 1.96. The lowest BCUT2D eigenvalue weighted by Crippen LogP contribution is -2.32.